The Morgan fingerprint density at radius 1 is 1.33 bits per heavy atom. The van der Waals surface area contributed by atoms with Gasteiger partial charge in [-0.25, -0.2) is 9.78 Å². The summed E-state index contributed by atoms with van der Waals surface area (Å²) in [7, 11) is 1.22. The topological polar surface area (TPSA) is 126 Å². The van der Waals surface area contributed by atoms with E-state index in [1.54, 1.807) is 18.2 Å². The van der Waals surface area contributed by atoms with Crippen LogP contribution in [0.5, 0.6) is 5.75 Å². The molecule has 1 aromatic heterocycles. The normalized spacial score (nSPS) is 12.1. The third kappa shape index (κ3) is 5.43. The first-order valence-corrected chi connectivity index (χ1v) is 10.8. The molecular weight excluding hydrogens is 496 g/mol. The van der Waals surface area contributed by atoms with E-state index in [9.17, 15) is 19.7 Å². The van der Waals surface area contributed by atoms with Gasteiger partial charge in [0.25, 0.3) is 11.2 Å². The SMILES string of the molecule is CC[C@@H](C)c1nc2ccc(Br)cc2c(=O)n1N=Cc1cc([N+](=O)[O-])ccc1OCC(=O)OC. The van der Waals surface area contributed by atoms with Gasteiger partial charge in [0.2, 0.25) is 0 Å². The summed E-state index contributed by atoms with van der Waals surface area (Å²) in [5.41, 5.74) is 0.180. The second-order valence-corrected chi connectivity index (χ2v) is 8.06. The molecule has 0 spiro atoms. The summed E-state index contributed by atoms with van der Waals surface area (Å²) < 4.78 is 11.9. The number of non-ortho nitro benzene ring substituents is 1. The molecule has 0 fully saturated rings. The number of esters is 1. The molecule has 3 rings (SSSR count). The largest absolute Gasteiger partial charge is 0.481 e. The van der Waals surface area contributed by atoms with Crippen LogP contribution in [0, 0.1) is 10.1 Å². The highest BCUT2D eigenvalue weighted by molar-refractivity contribution is 9.10. The quantitative estimate of drug-likeness (QED) is 0.191. The molecule has 3 aromatic rings. The highest BCUT2D eigenvalue weighted by atomic mass is 79.9. The van der Waals surface area contributed by atoms with E-state index >= 15 is 0 Å². The van der Waals surface area contributed by atoms with Gasteiger partial charge in [0.05, 0.1) is 29.2 Å². The highest BCUT2D eigenvalue weighted by Gasteiger charge is 2.17. The van der Waals surface area contributed by atoms with Crippen molar-refractivity contribution in [3.8, 4) is 5.75 Å². The lowest BCUT2D eigenvalue weighted by atomic mass is 10.1. The third-order valence-electron chi connectivity index (χ3n) is 4.98. The minimum absolute atomic E-state index is 0.0805. The summed E-state index contributed by atoms with van der Waals surface area (Å²) in [6, 6.07) is 9.06. The first kappa shape index (κ1) is 24.1. The first-order valence-electron chi connectivity index (χ1n) is 9.99. The van der Waals surface area contributed by atoms with Crippen LogP contribution >= 0.6 is 15.9 Å². The van der Waals surface area contributed by atoms with E-state index in [-0.39, 0.29) is 28.5 Å². The smallest absolute Gasteiger partial charge is 0.343 e. The Bertz CT molecular complexity index is 1300. The van der Waals surface area contributed by atoms with Gasteiger partial charge in [-0.15, -0.1) is 0 Å². The minimum atomic E-state index is -0.615. The van der Waals surface area contributed by atoms with Crippen LogP contribution in [-0.4, -0.2) is 40.5 Å². The zero-order chi connectivity index (χ0) is 24.1. The molecule has 10 nitrogen and oxygen atoms in total. The van der Waals surface area contributed by atoms with E-state index in [4.69, 9.17) is 4.74 Å². The Kier molecular flexibility index (Phi) is 7.54. The number of ether oxygens (including phenoxy) is 2. The Morgan fingerprint density at radius 3 is 2.76 bits per heavy atom. The van der Waals surface area contributed by atoms with Crippen molar-refractivity contribution in [2.45, 2.75) is 26.2 Å². The number of hydrogen-bond acceptors (Lipinski definition) is 8. The summed E-state index contributed by atoms with van der Waals surface area (Å²) in [4.78, 5) is 40.0. The van der Waals surface area contributed by atoms with Crippen LogP contribution in [0.4, 0.5) is 5.69 Å². The van der Waals surface area contributed by atoms with Crippen LogP contribution in [0.15, 0.2) is 50.8 Å². The van der Waals surface area contributed by atoms with Crippen LogP contribution in [-0.2, 0) is 9.53 Å². The molecule has 0 amide bonds. The molecule has 1 heterocycles. The lowest BCUT2D eigenvalue weighted by Crippen LogP contribution is -2.23. The number of hydrogen-bond donors (Lipinski definition) is 0. The molecule has 0 radical (unpaired) electrons. The van der Waals surface area contributed by atoms with Crippen LogP contribution in [0.25, 0.3) is 10.9 Å². The molecule has 0 bridgehead atoms. The number of carbonyl (C=O) groups excluding carboxylic acids is 1. The van der Waals surface area contributed by atoms with Gasteiger partial charge in [0.15, 0.2) is 6.61 Å². The standard InChI is InChI=1S/C22H21BrN4O6/c1-4-13(2)21-25-18-7-5-15(23)10-17(18)22(29)26(21)24-11-14-9-16(27(30)31)6-8-19(14)33-12-20(28)32-3/h5-11,13H,4,12H2,1-3H3/t13-/m1/s1. The fraction of sp³-hybridized carbons (Fsp3) is 0.273. The van der Waals surface area contributed by atoms with Crippen molar-refractivity contribution in [3.05, 3.63) is 72.7 Å². The number of fused-ring (bicyclic) bond motifs is 1. The van der Waals surface area contributed by atoms with Crippen molar-refractivity contribution in [1.29, 1.82) is 0 Å². The Balaban J connectivity index is 2.15. The van der Waals surface area contributed by atoms with Crippen molar-refractivity contribution in [1.82, 2.24) is 9.66 Å². The van der Waals surface area contributed by atoms with Gasteiger partial charge in [-0.2, -0.15) is 9.78 Å². The zero-order valence-electron chi connectivity index (χ0n) is 18.1. The lowest BCUT2D eigenvalue weighted by Gasteiger charge is -2.14. The van der Waals surface area contributed by atoms with Gasteiger partial charge in [-0.05, 0) is 30.7 Å². The number of nitro benzene ring substituents is 1. The van der Waals surface area contributed by atoms with Crippen LogP contribution in [0.1, 0.15) is 37.6 Å². The lowest BCUT2D eigenvalue weighted by molar-refractivity contribution is -0.384. The minimum Gasteiger partial charge on any atom is -0.481 e. The molecule has 0 unspecified atom stereocenters. The van der Waals surface area contributed by atoms with Gasteiger partial charge in [-0.1, -0.05) is 29.8 Å². The molecule has 172 valence electrons. The van der Waals surface area contributed by atoms with E-state index in [2.05, 4.69) is 30.8 Å². The molecule has 0 N–H and O–H groups in total. The first-order chi connectivity index (χ1) is 15.7. The van der Waals surface area contributed by atoms with Crippen molar-refractivity contribution in [3.63, 3.8) is 0 Å². The Labute approximate surface area is 197 Å². The average molecular weight is 517 g/mol. The van der Waals surface area contributed by atoms with Crippen LogP contribution in [0.3, 0.4) is 0 Å². The van der Waals surface area contributed by atoms with Gasteiger partial charge in [0, 0.05) is 28.1 Å². The predicted molar refractivity (Wildman–Crippen MR) is 126 cm³/mol. The van der Waals surface area contributed by atoms with Crippen LogP contribution in [0.2, 0.25) is 0 Å². The highest BCUT2D eigenvalue weighted by Crippen LogP contribution is 2.24. The second kappa shape index (κ2) is 10.3. The fourth-order valence-electron chi connectivity index (χ4n) is 2.98. The maximum absolute atomic E-state index is 13.2. The summed E-state index contributed by atoms with van der Waals surface area (Å²) >= 11 is 3.36. The van der Waals surface area contributed by atoms with Gasteiger partial charge in [0.1, 0.15) is 11.6 Å². The van der Waals surface area contributed by atoms with E-state index in [0.717, 1.165) is 4.47 Å². The third-order valence-corrected chi connectivity index (χ3v) is 5.47. The number of rotatable bonds is 8. The van der Waals surface area contributed by atoms with Crippen molar-refractivity contribution in [2.75, 3.05) is 13.7 Å². The van der Waals surface area contributed by atoms with Gasteiger partial charge < -0.3 is 9.47 Å². The summed E-state index contributed by atoms with van der Waals surface area (Å²) in [6.07, 6.45) is 1.99. The number of nitrogens with zero attached hydrogens (tertiary/aromatic N) is 4. The second-order valence-electron chi connectivity index (χ2n) is 7.15. The monoisotopic (exact) mass is 516 g/mol. The number of nitro groups is 1. The molecule has 0 aliphatic heterocycles. The molecule has 0 aliphatic carbocycles. The fourth-order valence-corrected chi connectivity index (χ4v) is 3.34. The van der Waals surface area contributed by atoms with Crippen molar-refractivity contribution < 1.29 is 19.2 Å². The van der Waals surface area contributed by atoms with E-state index in [1.807, 2.05) is 13.8 Å². The zero-order valence-corrected chi connectivity index (χ0v) is 19.7. The number of carbonyl (C=O) groups is 1. The van der Waals surface area contributed by atoms with Gasteiger partial charge >= 0.3 is 5.97 Å². The summed E-state index contributed by atoms with van der Waals surface area (Å²) in [5, 5.41) is 15.9. The molecule has 11 heteroatoms. The summed E-state index contributed by atoms with van der Waals surface area (Å²) in [6.45, 7) is 3.51. The molecule has 2 aromatic carbocycles. The molecule has 1 atom stereocenters. The molecular formula is C22H21BrN4O6. The number of methoxy groups -OCH3 is 1. The number of benzene rings is 2. The maximum Gasteiger partial charge on any atom is 0.343 e. The Hall–Kier alpha value is -3.60. The van der Waals surface area contributed by atoms with Crippen LogP contribution < -0.4 is 10.3 Å². The molecule has 33 heavy (non-hydrogen) atoms. The van der Waals surface area contributed by atoms with E-state index in [1.165, 1.54) is 36.2 Å². The molecule has 0 aliphatic rings. The molecule has 0 saturated carbocycles. The predicted octanol–water partition coefficient (Wildman–Crippen LogP) is 4.01. The van der Waals surface area contributed by atoms with Gasteiger partial charge in [-0.3, -0.25) is 14.9 Å². The molecule has 0 saturated heterocycles. The summed E-state index contributed by atoms with van der Waals surface area (Å²) in [5.74, 6) is -0.0701. The Morgan fingerprint density at radius 2 is 2.09 bits per heavy atom. The maximum atomic E-state index is 13.2. The van der Waals surface area contributed by atoms with Crippen molar-refractivity contribution in [2.24, 2.45) is 5.10 Å². The van der Waals surface area contributed by atoms with Crippen molar-refractivity contribution >= 4 is 44.7 Å². The average Bonchev–Trinajstić information content (AvgIpc) is 2.81. The number of aromatic nitrogens is 2. The number of halogens is 1. The van der Waals surface area contributed by atoms with E-state index < -0.39 is 17.5 Å². The van der Waals surface area contributed by atoms with E-state index in [0.29, 0.717) is 23.1 Å².